The van der Waals surface area contributed by atoms with Crippen LogP contribution in [0.15, 0.2) is 285 Å². The number of benzene rings is 12. The fourth-order valence-corrected chi connectivity index (χ4v) is 10.0. The highest BCUT2D eigenvalue weighted by Gasteiger charge is 2.16. The van der Waals surface area contributed by atoms with E-state index in [9.17, 15) is 0 Å². The fourth-order valence-electron chi connectivity index (χ4n) is 10.0. The molecular weight excluding hydrogens is 1030 g/mol. The second-order valence-corrected chi connectivity index (χ2v) is 18.0. The van der Waals surface area contributed by atoms with Crippen molar-refractivity contribution < 1.29 is 0 Å². The topological polar surface area (TPSA) is 4.93 Å². The molecule has 86 heavy (non-hydrogen) atoms. The molecule has 0 aliphatic heterocycles. The third kappa shape index (κ3) is 19.9. The van der Waals surface area contributed by atoms with Crippen LogP contribution in [0.1, 0.15) is 144 Å². The Morgan fingerprint density at radius 2 is 0.547 bits per heavy atom. The number of nitrogens with zero attached hydrogens (tertiary/aromatic N) is 1. The van der Waals surface area contributed by atoms with E-state index in [1.165, 1.54) is 104 Å². The van der Waals surface area contributed by atoms with Gasteiger partial charge in [0.1, 0.15) is 0 Å². The largest absolute Gasteiger partial charge is 0.309 e. The molecule has 1 nitrogen and oxygen atoms in total. The second-order valence-electron chi connectivity index (χ2n) is 18.0. The molecule has 0 unspecified atom stereocenters. The summed E-state index contributed by atoms with van der Waals surface area (Å²) in [6.07, 6.45) is 3.11. The van der Waals surface area contributed by atoms with Gasteiger partial charge in [0, 0.05) is 16.2 Å². The Labute approximate surface area is 521 Å². The summed E-state index contributed by atoms with van der Waals surface area (Å²) in [5, 5.41) is 10.4. The van der Waals surface area contributed by atoms with E-state index >= 15 is 0 Å². The van der Waals surface area contributed by atoms with Crippen molar-refractivity contribution in [3.05, 3.63) is 318 Å². The summed E-state index contributed by atoms with van der Waals surface area (Å²) in [6, 6.07) is 101. The van der Waals surface area contributed by atoms with Crippen LogP contribution in [-0.4, -0.2) is 4.57 Å². The van der Waals surface area contributed by atoms with Gasteiger partial charge in [-0.1, -0.05) is 378 Å². The van der Waals surface area contributed by atoms with Crippen molar-refractivity contribution in [3.63, 3.8) is 0 Å². The van der Waals surface area contributed by atoms with E-state index in [1.54, 1.807) is 0 Å². The van der Waals surface area contributed by atoms with Gasteiger partial charge in [0.05, 0.1) is 16.7 Å². The Kier molecular flexibility index (Phi) is 35.0. The van der Waals surface area contributed by atoms with Crippen molar-refractivity contribution in [1.29, 1.82) is 0 Å². The molecule has 1 heterocycles. The van der Waals surface area contributed by atoms with Gasteiger partial charge in [0.25, 0.3) is 0 Å². The smallest absolute Gasteiger partial charge is 0.0541 e. The summed E-state index contributed by atoms with van der Waals surface area (Å²) >= 11 is 0. The molecule has 1 aliphatic rings. The van der Waals surface area contributed by atoms with E-state index in [4.69, 9.17) is 0 Å². The predicted molar refractivity (Wildman–Crippen MR) is 390 cm³/mol. The number of hydrogen-bond acceptors (Lipinski definition) is 0. The van der Waals surface area contributed by atoms with E-state index in [0.29, 0.717) is 0 Å². The maximum absolute atomic E-state index is 2.38. The minimum atomic E-state index is 0.982. The van der Waals surface area contributed by atoms with Crippen molar-refractivity contribution in [2.75, 3.05) is 0 Å². The molecule has 0 amide bonds. The standard InChI is InChI=1S/C22H15N.C21H16.C13H10.C13H12.8C2H6/c1-2-10-17-16(8-1)9-7-15-20(17)23-21-13-5-3-11-18(21)19-12-4-6-14-22(19)23;1-3-7-20-14-16(9-11-18(20)5-1)13-17-10-12-19-6-2-4-8-21(19)15-17;1-3-7-12-10(5-1)9-11-6-2-4-8-13(11)12;1-3-7-12(8-4-1)11-13-9-5-2-6-10-13;8*1-2/h1-15H;1-12,14-15H,13H2;1-8H,9H2;1-10H,11H2;8*1-2H3. The third-order valence-electron chi connectivity index (χ3n) is 13.4. The molecule has 0 spiro atoms. The first kappa shape index (κ1) is 71.5. The molecule has 14 rings (SSSR count). The highest BCUT2D eigenvalue weighted by Crippen LogP contribution is 2.36. The average molecular weight is 1140 g/mol. The molecule has 12 aromatic carbocycles. The number of rotatable bonds is 5. The normalized spacial score (nSPS) is 9.67. The molecule has 0 fully saturated rings. The minimum absolute atomic E-state index is 0.982. The van der Waals surface area contributed by atoms with Crippen LogP contribution in [0, 0.1) is 0 Å². The molecular formula is C85H101N. The number of hydrogen-bond donors (Lipinski definition) is 0. The number of aromatic nitrogens is 1. The summed E-state index contributed by atoms with van der Waals surface area (Å²) in [7, 11) is 0. The summed E-state index contributed by atoms with van der Waals surface area (Å²) in [6.45, 7) is 32.0. The van der Waals surface area contributed by atoms with Crippen molar-refractivity contribution in [2.45, 2.75) is 130 Å². The van der Waals surface area contributed by atoms with Crippen molar-refractivity contribution in [3.8, 4) is 16.8 Å². The molecule has 0 atom stereocenters. The van der Waals surface area contributed by atoms with Crippen LogP contribution in [0.3, 0.4) is 0 Å². The van der Waals surface area contributed by atoms with Gasteiger partial charge < -0.3 is 4.57 Å². The quantitative estimate of drug-likeness (QED) is 0.162. The monoisotopic (exact) mass is 1140 g/mol. The first-order chi connectivity index (χ1) is 42.7. The van der Waals surface area contributed by atoms with Gasteiger partial charge in [-0.15, -0.1) is 0 Å². The minimum Gasteiger partial charge on any atom is -0.309 e. The van der Waals surface area contributed by atoms with E-state index in [2.05, 4.69) is 290 Å². The molecule has 0 saturated heterocycles. The fraction of sp³-hybridized carbons (Fsp3) is 0.224. The Hall–Kier alpha value is -8.78. The molecule has 0 radical (unpaired) electrons. The van der Waals surface area contributed by atoms with Crippen molar-refractivity contribution >= 4 is 54.1 Å². The van der Waals surface area contributed by atoms with Gasteiger partial charge in [-0.05, 0) is 109 Å². The van der Waals surface area contributed by atoms with Crippen molar-refractivity contribution in [2.24, 2.45) is 0 Å². The van der Waals surface area contributed by atoms with Crippen molar-refractivity contribution in [1.82, 2.24) is 4.57 Å². The van der Waals surface area contributed by atoms with Gasteiger partial charge in [0.2, 0.25) is 0 Å². The van der Waals surface area contributed by atoms with Gasteiger partial charge in [-0.3, -0.25) is 0 Å². The van der Waals surface area contributed by atoms with Gasteiger partial charge in [-0.25, -0.2) is 0 Å². The number of para-hydroxylation sites is 2. The summed E-state index contributed by atoms with van der Waals surface area (Å²) < 4.78 is 2.38. The van der Waals surface area contributed by atoms with E-state index in [-0.39, 0.29) is 0 Å². The Balaban J connectivity index is 0.000000284. The Morgan fingerprint density at radius 3 is 0.977 bits per heavy atom. The molecule has 13 aromatic rings. The molecule has 0 N–H and O–H groups in total. The van der Waals surface area contributed by atoms with Crippen LogP contribution in [0.2, 0.25) is 0 Å². The van der Waals surface area contributed by atoms with Gasteiger partial charge in [-0.2, -0.15) is 0 Å². The van der Waals surface area contributed by atoms with Crippen LogP contribution in [0.25, 0.3) is 70.9 Å². The lowest BCUT2D eigenvalue weighted by molar-refractivity contribution is 1.19. The lowest BCUT2D eigenvalue weighted by Gasteiger charge is -2.11. The van der Waals surface area contributed by atoms with E-state index < -0.39 is 0 Å². The predicted octanol–water partition coefficient (Wildman–Crippen LogP) is 26.3. The van der Waals surface area contributed by atoms with Crippen LogP contribution >= 0.6 is 0 Å². The van der Waals surface area contributed by atoms with Gasteiger partial charge in [0.15, 0.2) is 0 Å². The summed E-state index contributed by atoms with van der Waals surface area (Å²) in [5.74, 6) is 0. The first-order valence-corrected chi connectivity index (χ1v) is 32.4. The van der Waals surface area contributed by atoms with E-state index in [1.807, 2.05) is 111 Å². The molecule has 1 aromatic heterocycles. The van der Waals surface area contributed by atoms with Crippen LogP contribution in [0.5, 0.6) is 0 Å². The molecule has 1 aliphatic carbocycles. The summed E-state index contributed by atoms with van der Waals surface area (Å²) in [5.41, 5.74) is 15.0. The lowest BCUT2D eigenvalue weighted by atomic mass is 9.99. The highest BCUT2D eigenvalue weighted by atomic mass is 15.0. The van der Waals surface area contributed by atoms with Crippen LogP contribution in [0.4, 0.5) is 0 Å². The number of fused-ring (bicyclic) bond motifs is 9. The second kappa shape index (κ2) is 42.1. The summed E-state index contributed by atoms with van der Waals surface area (Å²) in [4.78, 5) is 0. The maximum atomic E-state index is 2.38. The Morgan fingerprint density at radius 1 is 0.233 bits per heavy atom. The van der Waals surface area contributed by atoms with Gasteiger partial charge >= 0.3 is 0 Å². The Bertz CT molecular complexity index is 3650. The zero-order valence-corrected chi connectivity index (χ0v) is 55.2. The molecule has 0 saturated carbocycles. The molecule has 1 heteroatoms. The SMILES string of the molecule is CC.CC.CC.CC.CC.CC.CC.CC.c1ccc(Cc2ccccc2)cc1.c1ccc2c(-n3c4ccccc4c4ccccc43)cccc2c1.c1ccc2c(c1)Cc1ccccc1-2.c1ccc2cc(Cc3ccc4ccccc4c3)ccc2c1. The molecule has 0 bridgehead atoms. The third-order valence-corrected chi connectivity index (χ3v) is 13.4. The zero-order chi connectivity index (χ0) is 62.9. The lowest BCUT2D eigenvalue weighted by Crippen LogP contribution is -1.94. The first-order valence-electron chi connectivity index (χ1n) is 32.4. The maximum Gasteiger partial charge on any atom is 0.0541 e. The van der Waals surface area contributed by atoms with Crippen LogP contribution in [-0.2, 0) is 19.3 Å². The molecule has 446 valence electrons. The average Bonchev–Trinajstić information content (AvgIpc) is 2.36. The zero-order valence-electron chi connectivity index (χ0n) is 55.2. The van der Waals surface area contributed by atoms with Crippen LogP contribution < -0.4 is 0 Å². The van der Waals surface area contributed by atoms with E-state index in [0.717, 1.165) is 19.3 Å². The highest BCUT2D eigenvalue weighted by molar-refractivity contribution is 6.10.